The number of amidine groups is 1. The fourth-order valence-electron chi connectivity index (χ4n) is 3.94. The van der Waals surface area contributed by atoms with Gasteiger partial charge in [-0.1, -0.05) is 0 Å². The number of aldehydes is 1. The molecule has 0 amide bonds. The molecule has 0 aliphatic carbocycles. The van der Waals surface area contributed by atoms with Crippen molar-refractivity contribution in [1.82, 2.24) is 19.6 Å². The van der Waals surface area contributed by atoms with E-state index in [1.54, 1.807) is 0 Å². The molecule has 7 heteroatoms. The number of rotatable bonds is 4. The molecule has 4 rings (SSSR count). The Kier molecular flexibility index (Phi) is 5.55. The maximum Gasteiger partial charge on any atom is 0.152 e. The molecule has 30 heavy (non-hydrogen) atoms. The SMILES string of the molecule is CN/C(=N\c1ccc(N2CCN(C)CC2)cc1C=O)c1cc2c(C)nc(C)cn2c1. The van der Waals surface area contributed by atoms with Gasteiger partial charge in [0.2, 0.25) is 0 Å². The van der Waals surface area contributed by atoms with Crippen molar-refractivity contribution in [3.05, 3.63) is 59.2 Å². The predicted octanol–water partition coefficient (Wildman–Crippen LogP) is 2.81. The third-order valence-electron chi connectivity index (χ3n) is 5.64. The van der Waals surface area contributed by atoms with E-state index in [4.69, 9.17) is 4.99 Å². The maximum absolute atomic E-state index is 11.8. The van der Waals surface area contributed by atoms with Crippen LogP contribution in [0.3, 0.4) is 0 Å². The van der Waals surface area contributed by atoms with Crippen LogP contribution in [-0.4, -0.2) is 66.7 Å². The molecule has 7 nitrogen and oxygen atoms in total. The molecule has 156 valence electrons. The smallest absolute Gasteiger partial charge is 0.152 e. The number of likely N-dealkylation sites (N-methyl/N-ethyl adjacent to an activating group) is 1. The van der Waals surface area contributed by atoms with Gasteiger partial charge in [-0.2, -0.15) is 0 Å². The molecule has 0 bridgehead atoms. The van der Waals surface area contributed by atoms with E-state index in [2.05, 4.69) is 43.7 Å². The monoisotopic (exact) mass is 404 g/mol. The minimum atomic E-state index is 0.594. The summed E-state index contributed by atoms with van der Waals surface area (Å²) < 4.78 is 2.07. The van der Waals surface area contributed by atoms with E-state index in [0.29, 0.717) is 17.1 Å². The van der Waals surface area contributed by atoms with Crippen LogP contribution < -0.4 is 10.2 Å². The first-order chi connectivity index (χ1) is 14.5. The number of carbonyl (C=O) groups excluding carboxylic acids is 1. The lowest BCUT2D eigenvalue weighted by Gasteiger charge is -2.34. The van der Waals surface area contributed by atoms with Crippen LogP contribution in [0.4, 0.5) is 11.4 Å². The molecule has 1 aliphatic heterocycles. The average molecular weight is 405 g/mol. The van der Waals surface area contributed by atoms with Crippen molar-refractivity contribution < 1.29 is 4.79 Å². The van der Waals surface area contributed by atoms with E-state index in [-0.39, 0.29) is 0 Å². The summed E-state index contributed by atoms with van der Waals surface area (Å²) in [5, 5.41) is 3.18. The number of hydrogen-bond acceptors (Lipinski definition) is 5. The zero-order valence-corrected chi connectivity index (χ0v) is 18.0. The number of carbonyl (C=O) groups is 1. The summed E-state index contributed by atoms with van der Waals surface area (Å²) in [6, 6.07) is 7.99. The van der Waals surface area contributed by atoms with Gasteiger partial charge in [0.1, 0.15) is 5.84 Å². The topological polar surface area (TPSA) is 65.2 Å². The number of nitrogens with zero attached hydrogens (tertiary/aromatic N) is 5. The number of aromatic nitrogens is 2. The van der Waals surface area contributed by atoms with Crippen molar-refractivity contribution >= 4 is 29.0 Å². The minimum Gasteiger partial charge on any atom is -0.373 e. The molecule has 1 aromatic carbocycles. The summed E-state index contributed by atoms with van der Waals surface area (Å²) in [5.41, 5.74) is 6.26. The third kappa shape index (κ3) is 3.93. The number of benzene rings is 1. The highest BCUT2D eigenvalue weighted by Crippen LogP contribution is 2.26. The van der Waals surface area contributed by atoms with Crippen LogP contribution in [0.1, 0.15) is 27.3 Å². The van der Waals surface area contributed by atoms with Crippen LogP contribution >= 0.6 is 0 Å². The summed E-state index contributed by atoms with van der Waals surface area (Å²) in [5.74, 6) is 0.714. The summed E-state index contributed by atoms with van der Waals surface area (Å²) in [6.07, 6.45) is 4.92. The molecule has 3 heterocycles. The van der Waals surface area contributed by atoms with Gasteiger partial charge in [0, 0.05) is 62.4 Å². The van der Waals surface area contributed by atoms with Gasteiger partial charge < -0.3 is 19.5 Å². The fourth-order valence-corrected chi connectivity index (χ4v) is 3.94. The van der Waals surface area contributed by atoms with Gasteiger partial charge in [-0.05, 0) is 45.2 Å². The highest BCUT2D eigenvalue weighted by Gasteiger charge is 2.16. The van der Waals surface area contributed by atoms with Crippen molar-refractivity contribution in [2.45, 2.75) is 13.8 Å². The number of anilines is 1. The van der Waals surface area contributed by atoms with E-state index in [1.165, 1.54) is 0 Å². The first kappa shape index (κ1) is 20.1. The number of hydrogen-bond donors (Lipinski definition) is 1. The normalized spacial score (nSPS) is 15.6. The molecule has 3 aromatic rings. The standard InChI is InChI=1S/C23H28N6O/c1-16-13-29-14-18(12-22(29)17(2)25-16)23(24-3)26-21-6-5-20(11-19(21)15-30)28-9-7-27(4)8-10-28/h5-6,11-15H,7-10H2,1-4H3,(H,24,26). The van der Waals surface area contributed by atoms with Gasteiger partial charge in [0.15, 0.2) is 6.29 Å². The number of aliphatic imine (C=N–C) groups is 1. The van der Waals surface area contributed by atoms with Crippen molar-refractivity contribution in [1.29, 1.82) is 0 Å². The molecule has 1 saturated heterocycles. The van der Waals surface area contributed by atoms with E-state index >= 15 is 0 Å². The lowest BCUT2D eigenvalue weighted by atomic mass is 10.1. The number of nitrogens with one attached hydrogen (secondary N) is 1. The van der Waals surface area contributed by atoms with Crippen molar-refractivity contribution in [2.24, 2.45) is 4.99 Å². The largest absolute Gasteiger partial charge is 0.373 e. The third-order valence-corrected chi connectivity index (χ3v) is 5.64. The Morgan fingerprint density at radius 3 is 2.60 bits per heavy atom. The minimum absolute atomic E-state index is 0.594. The maximum atomic E-state index is 11.8. The first-order valence-electron chi connectivity index (χ1n) is 10.2. The molecule has 0 atom stereocenters. The Bertz CT molecular complexity index is 1110. The highest BCUT2D eigenvalue weighted by molar-refractivity contribution is 6.02. The highest BCUT2D eigenvalue weighted by atomic mass is 16.1. The summed E-state index contributed by atoms with van der Waals surface area (Å²) >= 11 is 0. The van der Waals surface area contributed by atoms with Crippen LogP contribution in [0.15, 0.2) is 41.7 Å². The molecule has 0 saturated carbocycles. The molecule has 1 aliphatic rings. The number of aryl methyl sites for hydroxylation is 2. The Labute approximate surface area is 177 Å². The van der Waals surface area contributed by atoms with Crippen LogP contribution in [0.25, 0.3) is 5.52 Å². The zero-order chi connectivity index (χ0) is 21.3. The second kappa shape index (κ2) is 8.28. The molecule has 1 N–H and O–H groups in total. The van der Waals surface area contributed by atoms with Gasteiger partial charge >= 0.3 is 0 Å². The van der Waals surface area contributed by atoms with Gasteiger partial charge in [-0.3, -0.25) is 9.78 Å². The second-order valence-corrected chi connectivity index (χ2v) is 7.85. The predicted molar refractivity (Wildman–Crippen MR) is 121 cm³/mol. The summed E-state index contributed by atoms with van der Waals surface area (Å²) in [6.45, 7) is 7.96. The van der Waals surface area contributed by atoms with Crippen molar-refractivity contribution in [3.8, 4) is 0 Å². The summed E-state index contributed by atoms with van der Waals surface area (Å²) in [4.78, 5) is 25.8. The molecule has 1 fully saturated rings. The zero-order valence-electron chi connectivity index (χ0n) is 18.0. The lowest BCUT2D eigenvalue weighted by molar-refractivity contribution is 0.112. The van der Waals surface area contributed by atoms with Gasteiger partial charge in [0.25, 0.3) is 0 Å². The number of piperazine rings is 1. The van der Waals surface area contributed by atoms with Crippen molar-refractivity contribution in [3.63, 3.8) is 0 Å². The molecular formula is C23H28N6O. The van der Waals surface area contributed by atoms with Gasteiger partial charge in [0.05, 0.1) is 22.6 Å². The van der Waals surface area contributed by atoms with Gasteiger partial charge in [-0.25, -0.2) is 4.99 Å². The van der Waals surface area contributed by atoms with Crippen LogP contribution in [0.5, 0.6) is 0 Å². The van der Waals surface area contributed by atoms with E-state index < -0.39 is 0 Å². The molecular weight excluding hydrogens is 376 g/mol. The number of fused-ring (bicyclic) bond motifs is 1. The quantitative estimate of drug-likeness (QED) is 0.412. The van der Waals surface area contributed by atoms with E-state index in [9.17, 15) is 4.79 Å². The average Bonchev–Trinajstić information content (AvgIpc) is 3.16. The first-order valence-corrected chi connectivity index (χ1v) is 10.2. The second-order valence-electron chi connectivity index (χ2n) is 7.85. The van der Waals surface area contributed by atoms with Crippen LogP contribution in [-0.2, 0) is 0 Å². The Morgan fingerprint density at radius 2 is 1.90 bits per heavy atom. The van der Waals surface area contributed by atoms with E-state index in [0.717, 1.165) is 60.6 Å². The molecule has 0 radical (unpaired) electrons. The Hall–Kier alpha value is -3.19. The molecule has 0 unspecified atom stereocenters. The van der Waals surface area contributed by atoms with Gasteiger partial charge in [-0.15, -0.1) is 0 Å². The Morgan fingerprint density at radius 1 is 1.13 bits per heavy atom. The van der Waals surface area contributed by atoms with E-state index in [1.807, 2.05) is 45.4 Å². The Balaban J connectivity index is 1.68. The lowest BCUT2D eigenvalue weighted by Crippen LogP contribution is -2.44. The molecule has 0 spiro atoms. The van der Waals surface area contributed by atoms with Crippen molar-refractivity contribution in [2.75, 3.05) is 45.2 Å². The summed E-state index contributed by atoms with van der Waals surface area (Å²) in [7, 11) is 3.98. The molecule has 2 aromatic heterocycles. The fraction of sp³-hybridized carbons (Fsp3) is 0.348. The van der Waals surface area contributed by atoms with Crippen LogP contribution in [0, 0.1) is 13.8 Å². The van der Waals surface area contributed by atoms with Crippen LogP contribution in [0.2, 0.25) is 0 Å².